The first-order chi connectivity index (χ1) is 14.0. The first kappa shape index (κ1) is 22.1. The maximum atomic E-state index is 12.7. The van der Waals surface area contributed by atoms with Crippen molar-refractivity contribution in [3.63, 3.8) is 0 Å². The van der Waals surface area contributed by atoms with Crippen molar-refractivity contribution in [1.29, 1.82) is 0 Å². The van der Waals surface area contributed by atoms with Crippen LogP contribution >= 0.6 is 0 Å². The van der Waals surface area contributed by atoms with Crippen LogP contribution in [0.25, 0.3) is 11.0 Å². The Balaban J connectivity index is 2.18. The van der Waals surface area contributed by atoms with Gasteiger partial charge in [-0.2, -0.15) is 0 Å². The van der Waals surface area contributed by atoms with Crippen LogP contribution in [-0.2, 0) is 19.0 Å². The van der Waals surface area contributed by atoms with E-state index < -0.39 is 35.2 Å². The molecule has 0 saturated carbocycles. The molecule has 0 bridgehead atoms. The summed E-state index contributed by atoms with van der Waals surface area (Å²) in [6.45, 7) is 10.9. The molecule has 1 aromatic carbocycles. The van der Waals surface area contributed by atoms with Gasteiger partial charge in [-0.3, -0.25) is 0 Å². The van der Waals surface area contributed by atoms with Gasteiger partial charge in [-0.25, -0.2) is 9.59 Å². The number of rotatable bonds is 5. The average Bonchev–Trinajstić information content (AvgIpc) is 2.90. The molecule has 0 N–H and O–H groups in total. The second kappa shape index (κ2) is 7.89. The quantitative estimate of drug-likeness (QED) is 0.408. The largest absolute Gasteiger partial charge is 0.496 e. The molecule has 0 radical (unpaired) electrons. The Kier molecular flexibility index (Phi) is 5.80. The molecule has 2 aromatic rings. The Morgan fingerprint density at radius 3 is 2.47 bits per heavy atom. The van der Waals surface area contributed by atoms with Crippen LogP contribution in [0.15, 0.2) is 45.1 Å². The van der Waals surface area contributed by atoms with Gasteiger partial charge in [0.2, 0.25) is 0 Å². The van der Waals surface area contributed by atoms with E-state index in [-0.39, 0.29) is 0 Å². The minimum absolute atomic E-state index is 0.376. The molecule has 162 valence electrons. The van der Waals surface area contributed by atoms with Crippen molar-refractivity contribution in [3.8, 4) is 5.75 Å². The number of fused-ring (bicyclic) bond motifs is 1. The fourth-order valence-electron chi connectivity index (χ4n) is 3.72. The molecule has 1 aromatic heterocycles. The lowest BCUT2D eigenvalue weighted by atomic mass is 9.91. The number of carbonyl (C=O) groups is 1. The van der Waals surface area contributed by atoms with Crippen LogP contribution < -0.4 is 10.4 Å². The van der Waals surface area contributed by atoms with Gasteiger partial charge in [-0.1, -0.05) is 6.08 Å². The van der Waals surface area contributed by atoms with Crippen molar-refractivity contribution >= 4 is 16.9 Å². The number of benzene rings is 1. The smallest absolute Gasteiger partial charge is 0.336 e. The zero-order valence-electron chi connectivity index (χ0n) is 18.4. The molecule has 3 rings (SSSR count). The maximum absolute atomic E-state index is 12.7. The molecule has 0 amide bonds. The van der Waals surface area contributed by atoms with Gasteiger partial charge in [0.15, 0.2) is 11.9 Å². The zero-order chi connectivity index (χ0) is 22.3. The van der Waals surface area contributed by atoms with E-state index in [0.29, 0.717) is 27.9 Å². The van der Waals surface area contributed by atoms with Crippen LogP contribution in [-0.4, -0.2) is 30.6 Å². The van der Waals surface area contributed by atoms with E-state index in [1.807, 2.05) is 27.7 Å². The van der Waals surface area contributed by atoms with Crippen molar-refractivity contribution < 1.29 is 28.2 Å². The minimum Gasteiger partial charge on any atom is -0.496 e. The molecular formula is C23H28O7. The Bertz CT molecular complexity index is 1050. The molecule has 30 heavy (non-hydrogen) atoms. The van der Waals surface area contributed by atoms with Crippen LogP contribution in [0, 0.1) is 0 Å². The van der Waals surface area contributed by atoms with Crippen molar-refractivity contribution in [3.05, 3.63) is 51.9 Å². The molecule has 1 aliphatic rings. The number of hydrogen-bond acceptors (Lipinski definition) is 7. The SMILES string of the molecule is CC=C(C)C(=O)O[C@H](c1cc2ccc(=O)oc2cc1OC)[C@H]1OC(C)(C)OC1(C)C. The summed E-state index contributed by atoms with van der Waals surface area (Å²) >= 11 is 0. The van der Waals surface area contributed by atoms with Gasteiger partial charge >= 0.3 is 11.6 Å². The highest BCUT2D eigenvalue weighted by Gasteiger charge is 2.52. The van der Waals surface area contributed by atoms with Gasteiger partial charge in [0.05, 0.1) is 12.7 Å². The summed E-state index contributed by atoms with van der Waals surface area (Å²) in [5, 5.41) is 0.671. The summed E-state index contributed by atoms with van der Waals surface area (Å²) in [7, 11) is 1.50. The summed E-state index contributed by atoms with van der Waals surface area (Å²) in [6.07, 6.45) is 0.255. The summed E-state index contributed by atoms with van der Waals surface area (Å²) in [6, 6.07) is 6.39. The molecule has 0 aliphatic carbocycles. The molecular weight excluding hydrogens is 388 g/mol. The number of hydrogen-bond donors (Lipinski definition) is 0. The van der Waals surface area contributed by atoms with Crippen molar-refractivity contribution in [1.82, 2.24) is 0 Å². The molecule has 1 aliphatic heterocycles. The highest BCUT2D eigenvalue weighted by Crippen LogP contribution is 2.46. The molecule has 2 heterocycles. The molecule has 0 spiro atoms. The van der Waals surface area contributed by atoms with Gasteiger partial charge in [-0.05, 0) is 53.7 Å². The molecule has 7 nitrogen and oxygen atoms in total. The standard InChI is InChI=1S/C23H28O7/c1-8-13(2)21(25)28-19(20-22(3,4)30-23(5,6)29-20)15-11-14-9-10-18(24)27-16(14)12-17(15)26-7/h8-12,19-20H,1-7H3/t19-,20-/m1/s1. The van der Waals surface area contributed by atoms with Crippen LogP contribution in [0.1, 0.15) is 53.2 Å². The normalized spacial score (nSPS) is 21.4. The highest BCUT2D eigenvalue weighted by molar-refractivity contribution is 5.88. The average molecular weight is 416 g/mol. The fourth-order valence-corrected chi connectivity index (χ4v) is 3.72. The molecule has 0 unspecified atom stereocenters. The molecule has 7 heteroatoms. The van der Waals surface area contributed by atoms with E-state index in [1.165, 1.54) is 13.2 Å². The zero-order valence-corrected chi connectivity index (χ0v) is 18.4. The number of ether oxygens (including phenoxy) is 4. The number of allylic oxidation sites excluding steroid dienone is 1. The summed E-state index contributed by atoms with van der Waals surface area (Å²) in [5.74, 6) is -0.907. The third kappa shape index (κ3) is 4.27. The molecule has 1 fully saturated rings. The number of methoxy groups -OCH3 is 1. The molecule has 1 saturated heterocycles. The Labute approximate surface area is 175 Å². The molecule has 2 atom stereocenters. The van der Waals surface area contributed by atoms with E-state index in [4.69, 9.17) is 23.4 Å². The maximum Gasteiger partial charge on any atom is 0.336 e. The third-order valence-electron chi connectivity index (χ3n) is 5.15. The summed E-state index contributed by atoms with van der Waals surface area (Å²) in [4.78, 5) is 24.3. The Hall–Kier alpha value is -2.64. The second-order valence-electron chi connectivity index (χ2n) is 8.33. The minimum atomic E-state index is -0.856. The first-order valence-corrected chi connectivity index (χ1v) is 9.81. The Morgan fingerprint density at radius 1 is 1.20 bits per heavy atom. The summed E-state index contributed by atoms with van der Waals surface area (Å²) < 4.78 is 29.0. The third-order valence-corrected chi connectivity index (χ3v) is 5.15. The van der Waals surface area contributed by atoms with Crippen LogP contribution in [0.2, 0.25) is 0 Å². The van der Waals surface area contributed by atoms with E-state index in [0.717, 1.165) is 0 Å². The Morgan fingerprint density at radius 2 is 1.90 bits per heavy atom. The lowest BCUT2D eigenvalue weighted by molar-refractivity contribution is -0.171. The van der Waals surface area contributed by atoms with E-state index in [1.54, 1.807) is 38.1 Å². The van der Waals surface area contributed by atoms with Crippen LogP contribution in [0.3, 0.4) is 0 Å². The van der Waals surface area contributed by atoms with Crippen molar-refractivity contribution in [2.24, 2.45) is 0 Å². The lowest BCUT2D eigenvalue weighted by Crippen LogP contribution is -2.39. The predicted molar refractivity (Wildman–Crippen MR) is 111 cm³/mol. The van der Waals surface area contributed by atoms with Crippen LogP contribution in [0.5, 0.6) is 5.75 Å². The second-order valence-corrected chi connectivity index (χ2v) is 8.33. The number of esters is 1. The monoisotopic (exact) mass is 416 g/mol. The first-order valence-electron chi connectivity index (χ1n) is 9.81. The van der Waals surface area contributed by atoms with Gasteiger partial charge < -0.3 is 23.4 Å². The van der Waals surface area contributed by atoms with Gasteiger partial charge in [0, 0.05) is 28.7 Å². The lowest BCUT2D eigenvalue weighted by Gasteiger charge is -2.31. The van der Waals surface area contributed by atoms with Crippen molar-refractivity contribution in [2.75, 3.05) is 7.11 Å². The number of carbonyl (C=O) groups excluding carboxylic acids is 1. The van der Waals surface area contributed by atoms with E-state index >= 15 is 0 Å². The topological polar surface area (TPSA) is 84.2 Å². The van der Waals surface area contributed by atoms with Crippen molar-refractivity contribution in [2.45, 2.75) is 65.1 Å². The van der Waals surface area contributed by atoms with Gasteiger partial charge in [-0.15, -0.1) is 0 Å². The van der Waals surface area contributed by atoms with Gasteiger partial charge in [0.25, 0.3) is 0 Å². The van der Waals surface area contributed by atoms with Crippen LogP contribution in [0.4, 0.5) is 0 Å². The van der Waals surface area contributed by atoms with E-state index in [9.17, 15) is 9.59 Å². The van der Waals surface area contributed by atoms with Gasteiger partial charge in [0.1, 0.15) is 17.4 Å². The predicted octanol–water partition coefficient (Wildman–Crippen LogP) is 4.28. The highest BCUT2D eigenvalue weighted by atomic mass is 16.8. The fraction of sp³-hybridized carbons (Fsp3) is 0.478. The summed E-state index contributed by atoms with van der Waals surface area (Å²) in [5.41, 5.74) is 0.235. The van der Waals surface area contributed by atoms with E-state index in [2.05, 4.69) is 0 Å².